The van der Waals surface area contributed by atoms with Gasteiger partial charge < -0.3 is 10.2 Å². The van der Waals surface area contributed by atoms with Crippen LogP contribution in [-0.2, 0) is 4.79 Å². The zero-order valence-electron chi connectivity index (χ0n) is 11.5. The number of nitro groups is 1. The Morgan fingerprint density at radius 2 is 2.20 bits per heavy atom. The van der Waals surface area contributed by atoms with E-state index in [1.54, 1.807) is 4.90 Å². The van der Waals surface area contributed by atoms with Crippen molar-refractivity contribution in [2.75, 3.05) is 25.0 Å². The molecule has 0 bridgehead atoms. The first-order chi connectivity index (χ1) is 9.53. The van der Waals surface area contributed by atoms with Gasteiger partial charge in [-0.3, -0.25) is 19.7 Å². The first-order valence-corrected chi connectivity index (χ1v) is 6.22. The lowest BCUT2D eigenvalue weighted by molar-refractivity contribution is -0.384. The van der Waals surface area contributed by atoms with Crippen molar-refractivity contribution in [3.63, 3.8) is 0 Å². The van der Waals surface area contributed by atoms with E-state index in [9.17, 15) is 19.7 Å². The number of nitrogens with zero attached hydrogens (tertiary/aromatic N) is 2. The van der Waals surface area contributed by atoms with Crippen molar-refractivity contribution in [2.24, 2.45) is 0 Å². The summed E-state index contributed by atoms with van der Waals surface area (Å²) in [6.07, 6.45) is 1.29. The van der Waals surface area contributed by atoms with Crippen LogP contribution in [0.1, 0.15) is 23.7 Å². The molecule has 0 unspecified atom stereocenters. The highest BCUT2D eigenvalue weighted by atomic mass is 16.6. The Kier molecular flexibility index (Phi) is 5.64. The van der Waals surface area contributed by atoms with E-state index in [-0.39, 0.29) is 23.7 Å². The number of likely N-dealkylation sites (N-methyl/N-ethyl adjacent to an activating group) is 1. The number of carbonyl (C=O) groups excluding carboxylic acids is 2. The number of anilines is 1. The van der Waals surface area contributed by atoms with E-state index in [0.717, 1.165) is 6.42 Å². The number of nitro benzene ring substituents is 1. The van der Waals surface area contributed by atoms with E-state index >= 15 is 0 Å². The van der Waals surface area contributed by atoms with Gasteiger partial charge in [-0.25, -0.2) is 0 Å². The van der Waals surface area contributed by atoms with Crippen LogP contribution in [0.4, 0.5) is 11.4 Å². The maximum atomic E-state index is 11.5. The molecule has 7 nitrogen and oxygen atoms in total. The highest BCUT2D eigenvalue weighted by molar-refractivity contribution is 5.84. The lowest BCUT2D eigenvalue weighted by atomic mass is 10.1. The molecule has 0 aliphatic carbocycles. The van der Waals surface area contributed by atoms with Crippen molar-refractivity contribution in [3.05, 3.63) is 33.9 Å². The van der Waals surface area contributed by atoms with Gasteiger partial charge in [0.1, 0.15) is 12.0 Å². The van der Waals surface area contributed by atoms with Gasteiger partial charge in [-0.15, -0.1) is 0 Å². The fourth-order valence-electron chi connectivity index (χ4n) is 1.83. The summed E-state index contributed by atoms with van der Waals surface area (Å²) in [6, 6.07) is 4.22. The molecule has 0 saturated heterocycles. The van der Waals surface area contributed by atoms with E-state index in [2.05, 4.69) is 5.32 Å². The third-order valence-corrected chi connectivity index (χ3v) is 2.78. The minimum atomic E-state index is -0.547. The van der Waals surface area contributed by atoms with Gasteiger partial charge in [0.2, 0.25) is 5.91 Å². The first kappa shape index (κ1) is 15.6. The molecule has 0 saturated carbocycles. The number of hydrogen-bond donors (Lipinski definition) is 1. The maximum absolute atomic E-state index is 11.5. The van der Waals surface area contributed by atoms with Crippen LogP contribution in [0.15, 0.2) is 18.2 Å². The Labute approximate surface area is 116 Å². The van der Waals surface area contributed by atoms with E-state index in [0.29, 0.717) is 18.5 Å². The van der Waals surface area contributed by atoms with E-state index < -0.39 is 4.92 Å². The lowest BCUT2D eigenvalue weighted by Crippen LogP contribution is -2.36. The zero-order valence-corrected chi connectivity index (χ0v) is 11.5. The monoisotopic (exact) mass is 279 g/mol. The summed E-state index contributed by atoms with van der Waals surface area (Å²) in [5.74, 6) is -0.229. The summed E-state index contributed by atoms with van der Waals surface area (Å²) in [5.41, 5.74) is 0.398. The van der Waals surface area contributed by atoms with Crippen molar-refractivity contribution >= 4 is 23.6 Å². The van der Waals surface area contributed by atoms with Crippen molar-refractivity contribution in [3.8, 4) is 0 Å². The predicted octanol–water partition coefficient (Wildman–Crippen LogP) is 1.37. The molecule has 7 heteroatoms. The number of nitrogens with one attached hydrogen (secondary N) is 1. The second-order valence-corrected chi connectivity index (χ2v) is 4.22. The molecule has 0 spiro atoms. The highest BCUT2D eigenvalue weighted by Crippen LogP contribution is 2.29. The summed E-state index contributed by atoms with van der Waals surface area (Å²) in [5, 5.41) is 13.6. The van der Waals surface area contributed by atoms with Crippen LogP contribution in [0.5, 0.6) is 0 Å². The summed E-state index contributed by atoms with van der Waals surface area (Å²) >= 11 is 0. The van der Waals surface area contributed by atoms with Gasteiger partial charge in [0.05, 0.1) is 11.5 Å². The lowest BCUT2D eigenvalue weighted by Gasteiger charge is -2.23. The van der Waals surface area contributed by atoms with Crippen LogP contribution < -0.4 is 10.2 Å². The molecule has 0 aliphatic heterocycles. The Hall–Kier alpha value is -2.44. The van der Waals surface area contributed by atoms with Crippen LogP contribution in [0.2, 0.25) is 0 Å². The number of carbonyl (C=O) groups is 2. The van der Waals surface area contributed by atoms with Crippen LogP contribution >= 0.6 is 0 Å². The largest absolute Gasteiger partial charge is 0.358 e. The smallest absolute Gasteiger partial charge is 0.293 e. The highest BCUT2D eigenvalue weighted by Gasteiger charge is 2.21. The Balaban J connectivity index is 3.20. The van der Waals surface area contributed by atoms with E-state index in [1.807, 2.05) is 6.92 Å². The van der Waals surface area contributed by atoms with Gasteiger partial charge in [-0.2, -0.15) is 0 Å². The average Bonchev–Trinajstić information content (AvgIpc) is 2.45. The Morgan fingerprint density at radius 3 is 2.70 bits per heavy atom. The summed E-state index contributed by atoms with van der Waals surface area (Å²) in [6.45, 7) is 2.46. The molecule has 1 aromatic carbocycles. The molecular weight excluding hydrogens is 262 g/mol. The van der Waals surface area contributed by atoms with Gasteiger partial charge in [-0.05, 0) is 18.6 Å². The molecule has 1 rings (SSSR count). The fraction of sp³-hybridized carbons (Fsp3) is 0.385. The summed E-state index contributed by atoms with van der Waals surface area (Å²) in [4.78, 5) is 34.4. The summed E-state index contributed by atoms with van der Waals surface area (Å²) < 4.78 is 0. The van der Waals surface area contributed by atoms with Crippen LogP contribution in [-0.4, -0.2) is 37.3 Å². The van der Waals surface area contributed by atoms with Gasteiger partial charge in [0, 0.05) is 25.2 Å². The minimum absolute atomic E-state index is 0.0333. The summed E-state index contributed by atoms with van der Waals surface area (Å²) in [7, 11) is 1.51. The molecule has 0 radical (unpaired) electrons. The van der Waals surface area contributed by atoms with Gasteiger partial charge >= 0.3 is 0 Å². The second kappa shape index (κ2) is 7.22. The van der Waals surface area contributed by atoms with Gasteiger partial charge in [0.25, 0.3) is 5.69 Å². The molecule has 1 amide bonds. The van der Waals surface area contributed by atoms with Crippen molar-refractivity contribution in [2.45, 2.75) is 13.3 Å². The molecular formula is C13H17N3O4. The molecule has 20 heavy (non-hydrogen) atoms. The van der Waals surface area contributed by atoms with Crippen molar-refractivity contribution < 1.29 is 14.5 Å². The fourth-order valence-corrected chi connectivity index (χ4v) is 1.83. The number of rotatable bonds is 7. The third-order valence-electron chi connectivity index (χ3n) is 2.78. The predicted molar refractivity (Wildman–Crippen MR) is 75.1 cm³/mol. The number of hydrogen-bond acceptors (Lipinski definition) is 5. The zero-order chi connectivity index (χ0) is 15.1. The second-order valence-electron chi connectivity index (χ2n) is 4.22. The van der Waals surface area contributed by atoms with Crippen LogP contribution in [0, 0.1) is 10.1 Å². The molecule has 0 aromatic heterocycles. The van der Waals surface area contributed by atoms with Crippen LogP contribution in [0.25, 0.3) is 0 Å². The molecule has 108 valence electrons. The SMILES string of the molecule is CCCN(CC(=O)NC)c1ccc(C=O)cc1[N+](=O)[O-]. The quantitative estimate of drug-likeness (QED) is 0.462. The molecule has 0 atom stereocenters. The molecule has 0 aliphatic rings. The number of aldehydes is 1. The third kappa shape index (κ3) is 3.78. The maximum Gasteiger partial charge on any atom is 0.293 e. The first-order valence-electron chi connectivity index (χ1n) is 6.22. The number of benzene rings is 1. The molecule has 0 heterocycles. The van der Waals surface area contributed by atoms with E-state index in [1.165, 1.54) is 25.2 Å². The van der Waals surface area contributed by atoms with E-state index in [4.69, 9.17) is 0 Å². The number of amides is 1. The standard InChI is InChI=1S/C13H17N3O4/c1-3-6-15(8-13(18)14-2)11-5-4-10(9-17)7-12(11)16(19)20/h4-5,7,9H,3,6,8H2,1-2H3,(H,14,18). The van der Waals surface area contributed by atoms with Crippen molar-refractivity contribution in [1.82, 2.24) is 5.32 Å². The topological polar surface area (TPSA) is 92.6 Å². The molecule has 0 fully saturated rings. The van der Waals surface area contributed by atoms with Crippen molar-refractivity contribution in [1.29, 1.82) is 0 Å². The average molecular weight is 279 g/mol. The normalized spacial score (nSPS) is 9.90. The molecule has 1 aromatic rings. The Bertz CT molecular complexity index is 516. The molecule has 1 N–H and O–H groups in total. The Morgan fingerprint density at radius 1 is 1.50 bits per heavy atom. The van der Waals surface area contributed by atoms with Crippen LogP contribution in [0.3, 0.4) is 0 Å². The van der Waals surface area contributed by atoms with Gasteiger partial charge in [-0.1, -0.05) is 6.92 Å². The van der Waals surface area contributed by atoms with Gasteiger partial charge in [0.15, 0.2) is 0 Å². The minimum Gasteiger partial charge on any atom is -0.358 e.